The van der Waals surface area contributed by atoms with E-state index in [1.807, 2.05) is 75.4 Å². The summed E-state index contributed by atoms with van der Waals surface area (Å²) in [5.41, 5.74) is 1.54. The van der Waals surface area contributed by atoms with Gasteiger partial charge in [0.15, 0.2) is 6.61 Å². The summed E-state index contributed by atoms with van der Waals surface area (Å²) in [7, 11) is 0. The number of hydrogen-bond acceptors (Lipinski definition) is 4. The van der Waals surface area contributed by atoms with E-state index in [4.69, 9.17) is 4.74 Å². The van der Waals surface area contributed by atoms with E-state index in [-0.39, 0.29) is 18.1 Å². The van der Waals surface area contributed by atoms with Gasteiger partial charge in [-0.1, -0.05) is 48.5 Å². The number of aliphatic hydroxyl groups is 1. The predicted octanol–water partition coefficient (Wildman–Crippen LogP) is 2.80. The summed E-state index contributed by atoms with van der Waals surface area (Å²) in [6.07, 6.45) is -0.568. The lowest BCUT2D eigenvalue weighted by Gasteiger charge is -2.21. The molecular formula is C21H28N2O3. The second-order valence-electron chi connectivity index (χ2n) is 7.25. The summed E-state index contributed by atoms with van der Waals surface area (Å²) in [5.74, 6) is 0.512. The van der Waals surface area contributed by atoms with Crippen molar-refractivity contribution in [1.82, 2.24) is 10.6 Å². The minimum absolute atomic E-state index is 0.0269. The molecule has 5 heteroatoms. The number of carbonyl (C=O) groups excluding carboxylic acids is 1. The highest BCUT2D eigenvalue weighted by molar-refractivity contribution is 5.78. The molecule has 3 N–H and O–H groups in total. The first kappa shape index (κ1) is 19.9. The number of amides is 1. The Morgan fingerprint density at radius 2 is 1.73 bits per heavy atom. The molecular weight excluding hydrogens is 328 g/mol. The van der Waals surface area contributed by atoms with Crippen molar-refractivity contribution in [2.24, 2.45) is 0 Å². The summed E-state index contributed by atoms with van der Waals surface area (Å²) in [4.78, 5) is 11.9. The van der Waals surface area contributed by atoms with Gasteiger partial charge in [0, 0.05) is 24.2 Å². The number of benzene rings is 2. The number of rotatable bonds is 8. The summed E-state index contributed by atoms with van der Waals surface area (Å²) >= 11 is 0. The summed E-state index contributed by atoms with van der Waals surface area (Å²) in [5, 5.41) is 16.3. The zero-order valence-corrected chi connectivity index (χ0v) is 15.7. The van der Waals surface area contributed by atoms with Gasteiger partial charge in [-0.2, -0.15) is 0 Å². The summed E-state index contributed by atoms with van der Waals surface area (Å²) in [6.45, 7) is 6.74. The van der Waals surface area contributed by atoms with E-state index in [9.17, 15) is 9.90 Å². The molecule has 1 amide bonds. The normalized spacial score (nSPS) is 12.5. The van der Waals surface area contributed by atoms with Crippen molar-refractivity contribution >= 4 is 5.91 Å². The second kappa shape index (κ2) is 9.36. The van der Waals surface area contributed by atoms with Crippen LogP contribution < -0.4 is 15.4 Å². The molecule has 0 aliphatic rings. The first-order chi connectivity index (χ1) is 12.3. The van der Waals surface area contributed by atoms with Crippen LogP contribution in [0.15, 0.2) is 54.6 Å². The van der Waals surface area contributed by atoms with Crippen LogP contribution in [-0.4, -0.2) is 29.7 Å². The standard InChI is InChI=1S/C21H28N2O3/c1-21(2,3)23-20(25)15-26-19-12-8-7-11-17(19)13-22-14-18(24)16-9-5-4-6-10-16/h4-12,18,22,24H,13-15H2,1-3H3,(H,23,25). The van der Waals surface area contributed by atoms with Crippen molar-refractivity contribution in [2.45, 2.75) is 39.0 Å². The average Bonchev–Trinajstić information content (AvgIpc) is 2.60. The van der Waals surface area contributed by atoms with Gasteiger partial charge in [0.05, 0.1) is 6.10 Å². The van der Waals surface area contributed by atoms with Gasteiger partial charge in [-0.3, -0.25) is 4.79 Å². The molecule has 1 atom stereocenters. The van der Waals surface area contributed by atoms with Gasteiger partial charge < -0.3 is 20.5 Å². The van der Waals surface area contributed by atoms with Crippen molar-refractivity contribution in [2.75, 3.05) is 13.2 Å². The zero-order valence-electron chi connectivity index (χ0n) is 15.7. The molecule has 2 aromatic carbocycles. The quantitative estimate of drug-likeness (QED) is 0.680. The van der Waals surface area contributed by atoms with Gasteiger partial charge in [-0.05, 0) is 32.4 Å². The molecule has 2 rings (SSSR count). The lowest BCUT2D eigenvalue weighted by atomic mass is 10.1. The largest absolute Gasteiger partial charge is 0.483 e. The number of aliphatic hydroxyl groups excluding tert-OH is 1. The van der Waals surface area contributed by atoms with Gasteiger partial charge in [0.25, 0.3) is 5.91 Å². The van der Waals surface area contributed by atoms with E-state index >= 15 is 0 Å². The molecule has 0 radical (unpaired) electrons. The number of carbonyl (C=O) groups is 1. The fraction of sp³-hybridized carbons (Fsp3) is 0.381. The van der Waals surface area contributed by atoms with Crippen molar-refractivity contribution < 1.29 is 14.6 Å². The Morgan fingerprint density at radius 1 is 1.08 bits per heavy atom. The van der Waals surface area contributed by atoms with E-state index in [1.165, 1.54) is 0 Å². The molecule has 0 spiro atoms. The fourth-order valence-corrected chi connectivity index (χ4v) is 2.52. The maximum Gasteiger partial charge on any atom is 0.258 e. The molecule has 2 aromatic rings. The van der Waals surface area contributed by atoms with E-state index in [0.717, 1.165) is 11.1 Å². The van der Waals surface area contributed by atoms with Crippen LogP contribution in [0.25, 0.3) is 0 Å². The van der Waals surface area contributed by atoms with Crippen LogP contribution in [0.2, 0.25) is 0 Å². The van der Waals surface area contributed by atoms with E-state index in [1.54, 1.807) is 0 Å². The molecule has 0 saturated carbocycles. The lowest BCUT2D eigenvalue weighted by Crippen LogP contribution is -2.43. The van der Waals surface area contributed by atoms with E-state index in [0.29, 0.717) is 18.8 Å². The molecule has 0 aliphatic carbocycles. The Labute approximate surface area is 155 Å². The number of ether oxygens (including phenoxy) is 1. The smallest absolute Gasteiger partial charge is 0.258 e. The third-order valence-electron chi connectivity index (χ3n) is 3.68. The molecule has 0 aliphatic heterocycles. The molecule has 5 nitrogen and oxygen atoms in total. The third kappa shape index (κ3) is 6.86. The first-order valence-corrected chi connectivity index (χ1v) is 8.80. The number of para-hydroxylation sites is 1. The minimum atomic E-state index is -0.568. The number of hydrogen-bond donors (Lipinski definition) is 3. The Bertz CT molecular complexity index is 696. The molecule has 0 heterocycles. The summed E-state index contributed by atoms with van der Waals surface area (Å²) < 4.78 is 5.67. The minimum Gasteiger partial charge on any atom is -0.483 e. The van der Waals surface area contributed by atoms with Crippen LogP contribution in [0.3, 0.4) is 0 Å². The fourth-order valence-electron chi connectivity index (χ4n) is 2.52. The van der Waals surface area contributed by atoms with Crippen molar-refractivity contribution in [3.8, 4) is 5.75 Å². The van der Waals surface area contributed by atoms with Crippen molar-refractivity contribution in [3.63, 3.8) is 0 Å². The van der Waals surface area contributed by atoms with Gasteiger partial charge in [-0.25, -0.2) is 0 Å². The van der Waals surface area contributed by atoms with Gasteiger partial charge >= 0.3 is 0 Å². The van der Waals surface area contributed by atoms with Gasteiger partial charge in [-0.15, -0.1) is 0 Å². The van der Waals surface area contributed by atoms with E-state index < -0.39 is 6.10 Å². The molecule has 26 heavy (non-hydrogen) atoms. The van der Waals surface area contributed by atoms with Crippen LogP contribution in [0, 0.1) is 0 Å². The monoisotopic (exact) mass is 356 g/mol. The van der Waals surface area contributed by atoms with Crippen molar-refractivity contribution in [1.29, 1.82) is 0 Å². The number of nitrogens with one attached hydrogen (secondary N) is 2. The second-order valence-corrected chi connectivity index (χ2v) is 7.25. The Morgan fingerprint density at radius 3 is 2.42 bits per heavy atom. The maximum atomic E-state index is 11.9. The summed E-state index contributed by atoms with van der Waals surface area (Å²) in [6, 6.07) is 17.1. The SMILES string of the molecule is CC(C)(C)NC(=O)COc1ccccc1CNCC(O)c1ccccc1. The Balaban J connectivity index is 1.85. The third-order valence-corrected chi connectivity index (χ3v) is 3.68. The zero-order chi connectivity index (χ0) is 19.0. The molecule has 0 saturated heterocycles. The van der Waals surface area contributed by atoms with Gasteiger partial charge in [0.2, 0.25) is 0 Å². The van der Waals surface area contributed by atoms with Crippen molar-refractivity contribution in [3.05, 3.63) is 65.7 Å². The molecule has 0 bridgehead atoms. The van der Waals surface area contributed by atoms with E-state index in [2.05, 4.69) is 10.6 Å². The molecule has 0 fully saturated rings. The topological polar surface area (TPSA) is 70.6 Å². The predicted molar refractivity (Wildman–Crippen MR) is 103 cm³/mol. The average molecular weight is 356 g/mol. The maximum absolute atomic E-state index is 11.9. The Hall–Kier alpha value is -2.37. The Kier molecular flexibility index (Phi) is 7.18. The highest BCUT2D eigenvalue weighted by Gasteiger charge is 2.14. The molecule has 1 unspecified atom stereocenters. The van der Waals surface area contributed by atoms with Crippen LogP contribution in [-0.2, 0) is 11.3 Å². The molecule has 0 aromatic heterocycles. The van der Waals surface area contributed by atoms with Crippen LogP contribution in [0.1, 0.15) is 38.0 Å². The van der Waals surface area contributed by atoms with Crippen LogP contribution in [0.5, 0.6) is 5.75 Å². The van der Waals surface area contributed by atoms with Crippen LogP contribution >= 0.6 is 0 Å². The van der Waals surface area contributed by atoms with Crippen LogP contribution in [0.4, 0.5) is 0 Å². The van der Waals surface area contributed by atoms with Gasteiger partial charge in [0.1, 0.15) is 5.75 Å². The lowest BCUT2D eigenvalue weighted by molar-refractivity contribution is -0.124. The first-order valence-electron chi connectivity index (χ1n) is 8.80. The highest BCUT2D eigenvalue weighted by Crippen LogP contribution is 2.18. The highest BCUT2D eigenvalue weighted by atomic mass is 16.5. The molecule has 140 valence electrons.